The van der Waals surface area contributed by atoms with Crippen LogP contribution in [0.1, 0.15) is 41.7 Å². The largest absolute Gasteiger partial charge is 0.417 e. The number of nitrogens with one attached hydrogen (secondary N) is 1. The summed E-state index contributed by atoms with van der Waals surface area (Å²) >= 11 is 5.60. The van der Waals surface area contributed by atoms with Gasteiger partial charge in [0.1, 0.15) is 17.8 Å². The quantitative estimate of drug-likeness (QED) is 0.808. The number of carbonyl (C=O) groups is 1. The lowest BCUT2D eigenvalue weighted by Gasteiger charge is -2.21. The topological polar surface area (TPSA) is 58.1 Å². The van der Waals surface area contributed by atoms with Gasteiger partial charge in [0, 0.05) is 24.8 Å². The second kappa shape index (κ2) is 8.12. The highest BCUT2D eigenvalue weighted by Crippen LogP contribution is 2.36. The number of hydrogen-bond donors (Lipinski definition) is 1. The van der Waals surface area contributed by atoms with Gasteiger partial charge in [-0.05, 0) is 31.0 Å². The predicted octanol–water partition coefficient (Wildman–Crippen LogP) is 4.78. The molecule has 2 aromatic rings. The highest BCUT2D eigenvalue weighted by atomic mass is 35.5. The number of rotatable bonds is 3. The fraction of sp³-hybridized carbons (Fsp3) is 0.389. The van der Waals surface area contributed by atoms with Crippen molar-refractivity contribution in [1.29, 1.82) is 0 Å². The molecule has 144 valence electrons. The van der Waals surface area contributed by atoms with Gasteiger partial charge in [0.15, 0.2) is 0 Å². The smallest absolute Gasteiger partial charge is 0.357 e. The van der Waals surface area contributed by atoms with E-state index in [0.717, 1.165) is 50.9 Å². The molecule has 1 aliphatic rings. The summed E-state index contributed by atoms with van der Waals surface area (Å²) in [5, 5.41) is 2.01. The predicted molar refractivity (Wildman–Crippen MR) is 97.1 cm³/mol. The highest BCUT2D eigenvalue weighted by molar-refractivity contribution is 6.31. The maximum Gasteiger partial charge on any atom is 0.417 e. The van der Waals surface area contributed by atoms with Gasteiger partial charge in [-0.2, -0.15) is 13.2 Å². The van der Waals surface area contributed by atoms with E-state index in [1.807, 2.05) is 0 Å². The van der Waals surface area contributed by atoms with Crippen LogP contribution >= 0.6 is 11.6 Å². The third kappa shape index (κ3) is 4.88. The number of hydrogen-bond acceptors (Lipinski definition) is 4. The van der Waals surface area contributed by atoms with Crippen molar-refractivity contribution in [2.45, 2.75) is 31.9 Å². The summed E-state index contributed by atoms with van der Waals surface area (Å²) in [6.07, 6.45) is 1.11. The molecule has 2 heterocycles. The van der Waals surface area contributed by atoms with E-state index in [4.69, 9.17) is 11.6 Å². The summed E-state index contributed by atoms with van der Waals surface area (Å²) < 4.78 is 38.9. The fourth-order valence-electron chi connectivity index (χ4n) is 2.96. The summed E-state index contributed by atoms with van der Waals surface area (Å²) in [5.74, 6) is 0.0352. The van der Waals surface area contributed by atoms with Crippen LogP contribution in [0.25, 0.3) is 0 Å². The average molecular weight is 399 g/mol. The SMILES string of the molecule is O=C(Nc1ccc(Cl)c(C(F)(F)F)c1)c1cc(N2CCCCCC2)ncn1. The van der Waals surface area contributed by atoms with E-state index < -0.39 is 22.7 Å². The van der Waals surface area contributed by atoms with Gasteiger partial charge in [-0.1, -0.05) is 24.4 Å². The first-order chi connectivity index (χ1) is 12.8. The Morgan fingerprint density at radius 2 is 1.78 bits per heavy atom. The van der Waals surface area contributed by atoms with E-state index in [9.17, 15) is 18.0 Å². The standard InChI is InChI=1S/C18H18ClF3N4O/c19-14-6-5-12(9-13(14)18(20,21)22)25-17(27)15-10-16(24-11-23-15)26-7-3-1-2-4-8-26/h5-6,9-11H,1-4,7-8H2,(H,25,27). The van der Waals surface area contributed by atoms with Crippen LogP contribution in [0, 0.1) is 0 Å². The zero-order chi connectivity index (χ0) is 19.4. The number of anilines is 2. The van der Waals surface area contributed by atoms with Crippen molar-refractivity contribution in [3.63, 3.8) is 0 Å². The van der Waals surface area contributed by atoms with E-state index in [0.29, 0.717) is 5.82 Å². The van der Waals surface area contributed by atoms with Crippen molar-refractivity contribution < 1.29 is 18.0 Å². The summed E-state index contributed by atoms with van der Waals surface area (Å²) in [7, 11) is 0. The molecule has 5 nitrogen and oxygen atoms in total. The van der Waals surface area contributed by atoms with Gasteiger partial charge in [-0.15, -0.1) is 0 Å². The zero-order valence-electron chi connectivity index (χ0n) is 14.4. The Morgan fingerprint density at radius 1 is 1.07 bits per heavy atom. The molecule has 1 aromatic carbocycles. The summed E-state index contributed by atoms with van der Waals surface area (Å²) in [6.45, 7) is 1.70. The molecule has 0 atom stereocenters. The average Bonchev–Trinajstić information content (AvgIpc) is 2.92. The first-order valence-electron chi connectivity index (χ1n) is 8.60. The number of alkyl halides is 3. The molecule has 27 heavy (non-hydrogen) atoms. The molecule has 1 amide bonds. The van der Waals surface area contributed by atoms with Crippen LogP contribution in [0.2, 0.25) is 5.02 Å². The Bertz CT molecular complexity index is 820. The molecule has 1 fully saturated rings. The van der Waals surface area contributed by atoms with Gasteiger partial charge >= 0.3 is 6.18 Å². The fourth-order valence-corrected chi connectivity index (χ4v) is 3.18. The Morgan fingerprint density at radius 3 is 2.44 bits per heavy atom. The summed E-state index contributed by atoms with van der Waals surface area (Å²) in [5.41, 5.74) is -0.922. The van der Waals surface area contributed by atoms with Gasteiger partial charge in [0.2, 0.25) is 0 Å². The molecule has 0 saturated carbocycles. The molecule has 9 heteroatoms. The van der Waals surface area contributed by atoms with Crippen molar-refractivity contribution in [3.05, 3.63) is 46.9 Å². The molecule has 0 spiro atoms. The van der Waals surface area contributed by atoms with Crippen LogP contribution in [0.5, 0.6) is 0 Å². The van der Waals surface area contributed by atoms with E-state index >= 15 is 0 Å². The molecule has 0 aliphatic carbocycles. The van der Waals surface area contributed by atoms with Crippen LogP contribution in [-0.4, -0.2) is 29.0 Å². The Balaban J connectivity index is 1.78. The molecule has 1 saturated heterocycles. The lowest BCUT2D eigenvalue weighted by atomic mass is 10.2. The molecule has 0 bridgehead atoms. The molecule has 1 N–H and O–H groups in total. The Kier molecular flexibility index (Phi) is 5.84. The van der Waals surface area contributed by atoms with Gasteiger partial charge in [0.25, 0.3) is 5.91 Å². The lowest BCUT2D eigenvalue weighted by molar-refractivity contribution is -0.137. The number of aromatic nitrogens is 2. The number of benzene rings is 1. The molecule has 1 aliphatic heterocycles. The molecule has 1 aromatic heterocycles. The summed E-state index contributed by atoms with van der Waals surface area (Å²) in [6, 6.07) is 4.77. The molecule has 0 radical (unpaired) electrons. The van der Waals surface area contributed by atoms with E-state index in [2.05, 4.69) is 20.2 Å². The highest BCUT2D eigenvalue weighted by Gasteiger charge is 2.33. The normalized spacial score (nSPS) is 15.3. The monoisotopic (exact) mass is 398 g/mol. The second-order valence-electron chi connectivity index (χ2n) is 6.31. The van der Waals surface area contributed by atoms with Crippen LogP contribution in [0.15, 0.2) is 30.6 Å². The van der Waals surface area contributed by atoms with Gasteiger partial charge < -0.3 is 10.2 Å². The van der Waals surface area contributed by atoms with Crippen molar-refractivity contribution in [2.75, 3.05) is 23.3 Å². The number of amides is 1. The minimum Gasteiger partial charge on any atom is -0.357 e. The third-order valence-electron chi connectivity index (χ3n) is 4.34. The molecular weight excluding hydrogens is 381 g/mol. The maximum absolute atomic E-state index is 13.0. The van der Waals surface area contributed by atoms with Crippen LogP contribution in [0.3, 0.4) is 0 Å². The lowest BCUT2D eigenvalue weighted by Crippen LogP contribution is -2.25. The Hall–Kier alpha value is -2.35. The van der Waals surface area contributed by atoms with Crippen molar-refractivity contribution in [2.24, 2.45) is 0 Å². The number of halogens is 4. The third-order valence-corrected chi connectivity index (χ3v) is 4.67. The van der Waals surface area contributed by atoms with Crippen LogP contribution in [-0.2, 0) is 6.18 Å². The van der Waals surface area contributed by atoms with Crippen molar-refractivity contribution >= 4 is 29.0 Å². The second-order valence-corrected chi connectivity index (χ2v) is 6.72. The first kappa shape index (κ1) is 19.4. The van der Waals surface area contributed by atoms with E-state index in [1.165, 1.54) is 12.4 Å². The van der Waals surface area contributed by atoms with Gasteiger partial charge in [0.05, 0.1) is 10.6 Å². The van der Waals surface area contributed by atoms with Gasteiger partial charge in [-0.25, -0.2) is 9.97 Å². The molecular formula is C18H18ClF3N4O. The minimum atomic E-state index is -4.60. The van der Waals surface area contributed by atoms with Crippen molar-refractivity contribution in [1.82, 2.24) is 9.97 Å². The van der Waals surface area contributed by atoms with Gasteiger partial charge in [-0.3, -0.25) is 4.79 Å². The first-order valence-corrected chi connectivity index (χ1v) is 8.97. The minimum absolute atomic E-state index is 0.00772. The van der Waals surface area contributed by atoms with E-state index in [-0.39, 0.29) is 11.4 Å². The van der Waals surface area contributed by atoms with Crippen LogP contribution < -0.4 is 10.2 Å². The van der Waals surface area contributed by atoms with E-state index in [1.54, 1.807) is 6.07 Å². The number of nitrogens with zero attached hydrogens (tertiary/aromatic N) is 3. The molecule has 3 rings (SSSR count). The number of carbonyl (C=O) groups excluding carboxylic acids is 1. The summed E-state index contributed by atoms with van der Waals surface area (Å²) in [4.78, 5) is 22.7. The van der Waals surface area contributed by atoms with Crippen LogP contribution in [0.4, 0.5) is 24.7 Å². The zero-order valence-corrected chi connectivity index (χ0v) is 15.1. The Labute approximate surface area is 159 Å². The maximum atomic E-state index is 13.0. The molecule has 0 unspecified atom stereocenters. The van der Waals surface area contributed by atoms with Crippen molar-refractivity contribution in [3.8, 4) is 0 Å².